The van der Waals surface area contributed by atoms with Gasteiger partial charge in [0.15, 0.2) is 0 Å². The fourth-order valence-electron chi connectivity index (χ4n) is 3.39. The Balaban J connectivity index is 3.48. The predicted octanol–water partition coefficient (Wildman–Crippen LogP) is 4.27. The molecule has 0 aromatic rings. The highest BCUT2D eigenvalue weighted by molar-refractivity contribution is 7.85. The van der Waals surface area contributed by atoms with Crippen molar-refractivity contribution in [2.24, 2.45) is 0 Å². The third kappa shape index (κ3) is 21.5. The number of hydrogen-bond donors (Lipinski definition) is 3. The minimum atomic E-state index is -3.81. The van der Waals surface area contributed by atoms with E-state index in [0.717, 1.165) is 51.4 Å². The van der Waals surface area contributed by atoms with Gasteiger partial charge in [0.1, 0.15) is 11.8 Å². The van der Waals surface area contributed by atoms with E-state index in [1.54, 1.807) is 0 Å². The van der Waals surface area contributed by atoms with Crippen molar-refractivity contribution >= 4 is 27.8 Å². The van der Waals surface area contributed by atoms with Crippen molar-refractivity contribution in [1.82, 2.24) is 5.32 Å². The molecule has 0 radical (unpaired) electrons. The summed E-state index contributed by atoms with van der Waals surface area (Å²) in [5, 5.41) is 11.6. The number of carboxylic acid groups (broad SMARTS) is 1. The molecule has 0 bridgehead atoms. The minimum Gasteiger partial charge on any atom is -0.480 e. The second-order valence-electron chi connectivity index (χ2n) is 8.33. The van der Waals surface area contributed by atoms with Gasteiger partial charge in [0.25, 0.3) is 10.1 Å². The summed E-state index contributed by atoms with van der Waals surface area (Å²) in [5.74, 6) is -1.60. The number of ketones is 1. The fourth-order valence-corrected chi connectivity index (χ4v) is 3.95. The number of carbonyl (C=O) groups is 3. The monoisotopic (exact) mass is 463 g/mol. The highest BCUT2D eigenvalue weighted by Gasteiger charge is 2.19. The van der Waals surface area contributed by atoms with E-state index in [1.165, 1.54) is 32.6 Å². The molecule has 0 saturated carbocycles. The molecule has 1 atom stereocenters. The maximum atomic E-state index is 11.9. The summed E-state index contributed by atoms with van der Waals surface area (Å²) in [4.78, 5) is 34.0. The first-order valence-electron chi connectivity index (χ1n) is 11.6. The molecule has 0 aliphatic rings. The lowest BCUT2D eigenvalue weighted by atomic mass is 10.0. The Morgan fingerprint density at radius 1 is 0.742 bits per heavy atom. The molecule has 3 N–H and O–H groups in total. The largest absolute Gasteiger partial charge is 0.480 e. The molecule has 0 saturated heterocycles. The third-order valence-corrected chi connectivity index (χ3v) is 6.03. The van der Waals surface area contributed by atoms with E-state index in [1.807, 2.05) is 0 Å². The van der Waals surface area contributed by atoms with Gasteiger partial charge in [0.2, 0.25) is 5.91 Å². The van der Waals surface area contributed by atoms with Crippen LogP contribution in [0.3, 0.4) is 0 Å². The zero-order valence-corrected chi connectivity index (χ0v) is 19.8. The van der Waals surface area contributed by atoms with E-state index in [9.17, 15) is 22.8 Å². The molecule has 0 aromatic heterocycles. The number of carbonyl (C=O) groups excluding carboxylic acids is 2. The quantitative estimate of drug-likeness (QED) is 0.171. The van der Waals surface area contributed by atoms with Crippen molar-refractivity contribution in [1.29, 1.82) is 0 Å². The summed E-state index contributed by atoms with van der Waals surface area (Å²) in [6.45, 7) is 1.40. The summed E-state index contributed by atoms with van der Waals surface area (Å²) in [6, 6.07) is -0.993. The number of aliphatic carboxylic acids is 1. The summed E-state index contributed by atoms with van der Waals surface area (Å²) < 4.78 is 29.8. The molecule has 0 rings (SSSR count). The SMILES string of the molecule is CC(=O)CC[C@H](NC(=O)CCCCCCCCCCCCCCCS(=O)(=O)O)C(=O)O. The standard InChI is InChI=1S/C22H41NO7S/c1-19(24)16-17-20(22(26)27)23-21(25)15-13-11-9-7-5-3-2-4-6-8-10-12-14-18-31(28,29)30/h20H,2-18H2,1H3,(H,23,25)(H,26,27)(H,28,29,30)/t20-/m0/s1. The molecular formula is C22H41NO7S. The summed E-state index contributed by atoms with van der Waals surface area (Å²) in [6.07, 6.45) is 13.9. The molecular weight excluding hydrogens is 422 g/mol. The van der Waals surface area contributed by atoms with Gasteiger partial charge in [-0.15, -0.1) is 0 Å². The number of hydrogen-bond acceptors (Lipinski definition) is 5. The van der Waals surface area contributed by atoms with Crippen LogP contribution in [0.1, 0.15) is 110 Å². The first kappa shape index (κ1) is 29.5. The number of amides is 1. The van der Waals surface area contributed by atoms with Gasteiger partial charge in [-0.25, -0.2) is 4.79 Å². The van der Waals surface area contributed by atoms with E-state index in [4.69, 9.17) is 9.66 Å². The highest BCUT2D eigenvalue weighted by Crippen LogP contribution is 2.13. The number of Topliss-reactive ketones (excluding diaryl/α,β-unsaturated/α-hetero) is 1. The van der Waals surface area contributed by atoms with Gasteiger partial charge < -0.3 is 15.2 Å². The van der Waals surface area contributed by atoms with Crippen LogP contribution in [0.15, 0.2) is 0 Å². The molecule has 31 heavy (non-hydrogen) atoms. The molecule has 0 aliphatic carbocycles. The lowest BCUT2D eigenvalue weighted by Crippen LogP contribution is -2.40. The first-order chi connectivity index (χ1) is 14.6. The van der Waals surface area contributed by atoms with E-state index in [-0.39, 0.29) is 30.3 Å². The van der Waals surface area contributed by atoms with Crippen LogP contribution in [-0.2, 0) is 24.5 Å². The van der Waals surface area contributed by atoms with Crippen LogP contribution in [0.5, 0.6) is 0 Å². The molecule has 0 spiro atoms. The van der Waals surface area contributed by atoms with Gasteiger partial charge in [-0.1, -0.05) is 70.6 Å². The number of rotatable bonds is 21. The van der Waals surface area contributed by atoms with Crippen LogP contribution in [-0.4, -0.2) is 47.5 Å². The molecule has 0 aliphatic heterocycles. The van der Waals surface area contributed by atoms with Crippen molar-refractivity contribution in [3.63, 3.8) is 0 Å². The van der Waals surface area contributed by atoms with Crippen LogP contribution in [0.25, 0.3) is 0 Å². The van der Waals surface area contributed by atoms with E-state index >= 15 is 0 Å². The van der Waals surface area contributed by atoms with Gasteiger partial charge in [-0.3, -0.25) is 9.35 Å². The Hall–Kier alpha value is -1.48. The van der Waals surface area contributed by atoms with E-state index < -0.39 is 22.1 Å². The van der Waals surface area contributed by atoms with Crippen LogP contribution < -0.4 is 5.32 Å². The van der Waals surface area contributed by atoms with Crippen molar-refractivity contribution in [3.05, 3.63) is 0 Å². The maximum Gasteiger partial charge on any atom is 0.326 e. The van der Waals surface area contributed by atoms with Gasteiger partial charge in [0, 0.05) is 12.8 Å². The van der Waals surface area contributed by atoms with Gasteiger partial charge in [0.05, 0.1) is 5.75 Å². The third-order valence-electron chi connectivity index (χ3n) is 5.22. The van der Waals surface area contributed by atoms with E-state index in [0.29, 0.717) is 12.8 Å². The minimum absolute atomic E-state index is 0.0886. The van der Waals surface area contributed by atoms with E-state index in [2.05, 4.69) is 5.32 Å². The molecule has 182 valence electrons. The zero-order chi connectivity index (χ0) is 23.5. The number of nitrogens with one attached hydrogen (secondary N) is 1. The Kier molecular flexibility index (Phi) is 17.3. The second-order valence-corrected chi connectivity index (χ2v) is 9.90. The summed E-state index contributed by atoms with van der Waals surface area (Å²) in [7, 11) is -3.81. The molecule has 0 heterocycles. The average molecular weight is 464 g/mol. The van der Waals surface area contributed by atoms with Crippen LogP contribution in [0, 0.1) is 0 Å². The fraction of sp³-hybridized carbons (Fsp3) is 0.864. The Bertz CT molecular complexity index is 619. The van der Waals surface area contributed by atoms with Gasteiger partial charge in [-0.05, 0) is 26.2 Å². The van der Waals surface area contributed by atoms with Crippen LogP contribution in [0.4, 0.5) is 0 Å². The van der Waals surface area contributed by atoms with Crippen molar-refractivity contribution in [2.45, 2.75) is 116 Å². The normalized spacial score (nSPS) is 12.5. The lowest BCUT2D eigenvalue weighted by Gasteiger charge is -2.13. The van der Waals surface area contributed by atoms with Gasteiger partial charge >= 0.3 is 5.97 Å². The van der Waals surface area contributed by atoms with Crippen molar-refractivity contribution in [2.75, 3.05) is 5.75 Å². The molecule has 8 nitrogen and oxygen atoms in total. The Morgan fingerprint density at radius 3 is 1.55 bits per heavy atom. The van der Waals surface area contributed by atoms with Crippen molar-refractivity contribution in [3.8, 4) is 0 Å². The van der Waals surface area contributed by atoms with Crippen LogP contribution in [0.2, 0.25) is 0 Å². The molecule has 0 unspecified atom stereocenters. The van der Waals surface area contributed by atoms with Crippen LogP contribution >= 0.6 is 0 Å². The second kappa shape index (κ2) is 18.1. The number of unbranched alkanes of at least 4 members (excludes halogenated alkanes) is 12. The highest BCUT2D eigenvalue weighted by atomic mass is 32.2. The average Bonchev–Trinajstić information content (AvgIpc) is 2.66. The zero-order valence-electron chi connectivity index (χ0n) is 18.9. The Morgan fingerprint density at radius 2 is 1.16 bits per heavy atom. The topological polar surface area (TPSA) is 138 Å². The first-order valence-corrected chi connectivity index (χ1v) is 13.2. The summed E-state index contributed by atoms with van der Waals surface area (Å²) in [5.41, 5.74) is 0. The molecule has 9 heteroatoms. The Labute approximate surface area is 187 Å². The molecule has 0 fully saturated rings. The smallest absolute Gasteiger partial charge is 0.326 e. The van der Waals surface area contributed by atoms with Gasteiger partial charge in [-0.2, -0.15) is 8.42 Å². The molecule has 1 amide bonds. The summed E-state index contributed by atoms with van der Waals surface area (Å²) >= 11 is 0. The lowest BCUT2D eigenvalue weighted by molar-refractivity contribution is -0.142. The predicted molar refractivity (Wildman–Crippen MR) is 121 cm³/mol. The number of carboxylic acids is 1. The maximum absolute atomic E-state index is 11.9. The molecule has 0 aromatic carbocycles. The van der Waals surface area contributed by atoms with Crippen molar-refractivity contribution < 1.29 is 32.5 Å².